The molecular weight excluding hydrogens is 837 g/mol. The molecule has 7 aromatic carbocycles. The molecule has 0 aliphatic rings. The fraction of sp³-hybridized carbons (Fsp3) is 0.0175. The van der Waals surface area contributed by atoms with Crippen LogP contribution in [0.4, 0.5) is 0 Å². The number of rotatable bonds is 12. The van der Waals surface area contributed by atoms with Gasteiger partial charge in [0, 0.05) is 67.1 Å². The molecule has 0 saturated carbocycles. The van der Waals surface area contributed by atoms with Crippen LogP contribution in [0.1, 0.15) is 5.69 Å². The Kier molecular flexibility index (Phi) is 12.3. The van der Waals surface area contributed by atoms with E-state index in [2.05, 4.69) is 66.5 Å². The van der Waals surface area contributed by atoms with Gasteiger partial charge < -0.3 is 14.5 Å². The van der Waals surface area contributed by atoms with Crippen LogP contribution >= 0.6 is 12.0 Å². The van der Waals surface area contributed by atoms with Crippen LogP contribution in [0.3, 0.4) is 0 Å². The Hall–Kier alpha value is -8.37. The van der Waals surface area contributed by atoms with Crippen LogP contribution in [0.2, 0.25) is 0 Å². The maximum Gasteiger partial charge on any atom is 0.179 e. The number of para-hydroxylation sites is 4. The van der Waals surface area contributed by atoms with Crippen LogP contribution in [-0.2, 0) is 4.33 Å². The van der Waals surface area contributed by atoms with Crippen LogP contribution in [0.15, 0.2) is 236 Å². The van der Waals surface area contributed by atoms with Gasteiger partial charge in [0.25, 0.3) is 0 Å². The number of H-pyrrole nitrogens is 1. The lowest BCUT2D eigenvalue weighted by Crippen LogP contribution is -2.07. The van der Waals surface area contributed by atoms with Crippen molar-refractivity contribution in [3.8, 4) is 67.5 Å². The molecule has 11 rings (SSSR count). The number of hydrogen-bond donors (Lipinski definition) is 1. The summed E-state index contributed by atoms with van der Waals surface area (Å²) in [5, 5.41) is 2.05. The van der Waals surface area contributed by atoms with Crippen molar-refractivity contribution in [1.82, 2.24) is 19.7 Å². The predicted molar refractivity (Wildman–Crippen MR) is 265 cm³/mol. The van der Waals surface area contributed by atoms with Gasteiger partial charge in [-0.25, -0.2) is 15.0 Å². The molecule has 0 bridgehead atoms. The topological polar surface area (TPSA) is 83.4 Å². The number of benzene rings is 7. The molecule has 0 unspecified atom stereocenters. The molecule has 0 saturated heterocycles. The molecule has 1 N–H and O–H groups in total. The summed E-state index contributed by atoms with van der Waals surface area (Å²) in [6.45, 7) is 2.09. The third kappa shape index (κ3) is 9.30. The molecular formula is C57H42N4O4S. The van der Waals surface area contributed by atoms with Gasteiger partial charge in [0.05, 0.1) is 18.2 Å². The summed E-state index contributed by atoms with van der Waals surface area (Å²) in [6, 6.07) is 70.3. The van der Waals surface area contributed by atoms with Crippen molar-refractivity contribution >= 4 is 34.1 Å². The summed E-state index contributed by atoms with van der Waals surface area (Å²) in [6.07, 6.45) is 5.63. The second kappa shape index (κ2) is 19.6. The Bertz CT molecular complexity index is 3350. The molecule has 8 nitrogen and oxygen atoms in total. The van der Waals surface area contributed by atoms with Crippen molar-refractivity contribution in [3.63, 3.8) is 0 Å². The van der Waals surface area contributed by atoms with E-state index in [-0.39, 0.29) is 0 Å². The normalized spacial score (nSPS) is 10.9. The van der Waals surface area contributed by atoms with E-state index in [0.717, 1.165) is 95.4 Å². The number of aryl methyl sites for hydroxylation is 1. The number of hydrogen-bond acceptors (Lipinski definition) is 7. The van der Waals surface area contributed by atoms with Gasteiger partial charge in [-0.2, -0.15) is 0 Å². The third-order valence-electron chi connectivity index (χ3n) is 10.9. The monoisotopic (exact) mass is 878 g/mol. The second-order valence-corrected chi connectivity index (χ2v) is 16.1. The third-order valence-corrected chi connectivity index (χ3v) is 11.5. The van der Waals surface area contributed by atoms with Crippen LogP contribution in [0.25, 0.3) is 66.6 Å². The Morgan fingerprint density at radius 3 is 1.55 bits per heavy atom. The number of nitrogens with zero attached hydrogens (tertiary/aromatic N) is 3. The van der Waals surface area contributed by atoms with E-state index in [1.54, 1.807) is 4.73 Å². The zero-order valence-electron chi connectivity index (χ0n) is 35.8. The molecule has 0 radical (unpaired) electrons. The number of ether oxygens (including phenoxy) is 2. The highest BCUT2D eigenvalue weighted by Crippen LogP contribution is 2.39. The van der Waals surface area contributed by atoms with Gasteiger partial charge >= 0.3 is 0 Å². The van der Waals surface area contributed by atoms with E-state index in [0.29, 0.717) is 5.65 Å². The summed E-state index contributed by atoms with van der Waals surface area (Å²) in [5.74, 6) is 3.17. The van der Waals surface area contributed by atoms with Crippen molar-refractivity contribution < 1.29 is 18.8 Å². The molecule has 0 atom stereocenters. The fourth-order valence-electron chi connectivity index (χ4n) is 7.83. The highest BCUT2D eigenvalue weighted by atomic mass is 32.2. The zero-order chi connectivity index (χ0) is 44.5. The minimum Gasteiger partial charge on any atom is -0.457 e. The Morgan fingerprint density at radius 1 is 0.470 bits per heavy atom. The quantitative estimate of drug-likeness (QED) is 0.0743. The highest BCUT2D eigenvalue weighted by molar-refractivity contribution is 7.94. The lowest BCUT2D eigenvalue weighted by molar-refractivity contribution is -0.188. The Balaban J connectivity index is 0.000000160. The number of aromatic nitrogens is 4. The number of pyridine rings is 2. The summed E-state index contributed by atoms with van der Waals surface area (Å²) in [5.41, 5.74) is 11.0. The zero-order valence-corrected chi connectivity index (χ0v) is 36.6. The molecule has 9 heteroatoms. The standard InChI is InChI=1S/C31H22N2O3S.C26H20N2O/c1-4-12-23(13-5-1)29-22-33(35-36-37-26-16-8-3-9-17-26)31-28(29)20-24(21-32-31)27-18-10-11-19-30(27)34-25-14-6-2-7-15-25;1-18-25(19-10-4-2-5-11-19)23-16-20(17-27-26(23)28-18)22-14-8-9-15-24(22)29-21-12-6-3-7-13-21/h1-22H;2-17H,1H3,(H,27,28). The molecule has 0 aliphatic carbocycles. The van der Waals surface area contributed by atoms with E-state index in [9.17, 15) is 0 Å². The van der Waals surface area contributed by atoms with Crippen LogP contribution < -0.4 is 14.5 Å². The van der Waals surface area contributed by atoms with Crippen molar-refractivity contribution in [2.45, 2.75) is 11.8 Å². The average molecular weight is 879 g/mol. The molecule has 4 heterocycles. The van der Waals surface area contributed by atoms with E-state index in [1.807, 2.05) is 176 Å². The molecule has 0 spiro atoms. The highest BCUT2D eigenvalue weighted by Gasteiger charge is 2.18. The van der Waals surface area contributed by atoms with Crippen LogP contribution in [0, 0.1) is 6.92 Å². The van der Waals surface area contributed by atoms with Gasteiger partial charge in [-0.3, -0.25) is 0 Å². The first-order valence-corrected chi connectivity index (χ1v) is 22.2. The van der Waals surface area contributed by atoms with Gasteiger partial charge in [0.15, 0.2) is 5.65 Å². The number of nitrogens with one attached hydrogen (secondary N) is 1. The average Bonchev–Trinajstić information content (AvgIpc) is 3.91. The lowest BCUT2D eigenvalue weighted by Gasteiger charge is -2.11. The van der Waals surface area contributed by atoms with Gasteiger partial charge in [0.2, 0.25) is 0 Å². The maximum atomic E-state index is 6.21. The fourth-order valence-corrected chi connectivity index (χ4v) is 8.28. The first-order chi connectivity index (χ1) is 32.6. The van der Waals surface area contributed by atoms with Gasteiger partial charge in [0.1, 0.15) is 28.6 Å². The Labute approximate surface area is 386 Å². The molecule has 4 aromatic heterocycles. The molecule has 0 amide bonds. The van der Waals surface area contributed by atoms with E-state index < -0.39 is 0 Å². The SMILES string of the molecule is Cc1[nH]c2ncc(-c3ccccc3Oc3ccccc3)cc2c1-c1ccccc1.c1ccc(Oc2ccccc2-c2cnc3c(c2)c(-c2ccccc2)cn3OOSc2ccccc2)cc1. The molecule has 320 valence electrons. The van der Waals surface area contributed by atoms with Crippen LogP contribution in [0.5, 0.6) is 23.0 Å². The smallest absolute Gasteiger partial charge is 0.179 e. The summed E-state index contributed by atoms with van der Waals surface area (Å²) in [4.78, 5) is 19.5. The molecule has 11 aromatic rings. The van der Waals surface area contributed by atoms with E-state index in [1.165, 1.54) is 11.1 Å². The van der Waals surface area contributed by atoms with Crippen molar-refractivity contribution in [3.05, 3.63) is 237 Å². The molecule has 0 fully saturated rings. The Morgan fingerprint density at radius 2 is 0.955 bits per heavy atom. The van der Waals surface area contributed by atoms with Gasteiger partial charge in [-0.15, -0.1) is 4.73 Å². The minimum atomic E-state index is 0.651. The predicted octanol–water partition coefficient (Wildman–Crippen LogP) is 15.2. The van der Waals surface area contributed by atoms with Crippen molar-refractivity contribution in [1.29, 1.82) is 0 Å². The van der Waals surface area contributed by atoms with Gasteiger partial charge in [-0.1, -0.05) is 156 Å². The lowest BCUT2D eigenvalue weighted by atomic mass is 10.0. The molecule has 66 heavy (non-hydrogen) atoms. The number of fused-ring (bicyclic) bond motifs is 2. The summed E-state index contributed by atoms with van der Waals surface area (Å²) in [7, 11) is 0. The van der Waals surface area contributed by atoms with Crippen molar-refractivity contribution in [2.75, 3.05) is 0 Å². The summed E-state index contributed by atoms with van der Waals surface area (Å²) < 4.78 is 19.4. The van der Waals surface area contributed by atoms with E-state index in [4.69, 9.17) is 28.8 Å². The second-order valence-electron chi connectivity index (χ2n) is 15.3. The van der Waals surface area contributed by atoms with E-state index >= 15 is 0 Å². The summed E-state index contributed by atoms with van der Waals surface area (Å²) >= 11 is 1.14. The largest absolute Gasteiger partial charge is 0.457 e. The number of aromatic amines is 1. The maximum absolute atomic E-state index is 6.21. The van der Waals surface area contributed by atoms with Crippen molar-refractivity contribution in [2.24, 2.45) is 0 Å². The van der Waals surface area contributed by atoms with Crippen LogP contribution in [-0.4, -0.2) is 19.7 Å². The first kappa shape index (κ1) is 41.6. The first-order valence-electron chi connectivity index (χ1n) is 21.5. The minimum absolute atomic E-state index is 0.651. The molecule has 0 aliphatic heterocycles. The van der Waals surface area contributed by atoms with Gasteiger partial charge in [-0.05, 0) is 78.7 Å².